The Morgan fingerprint density at radius 2 is 1.85 bits per heavy atom. The molecular weight excluding hydrogens is 460 g/mol. The summed E-state index contributed by atoms with van der Waals surface area (Å²) >= 11 is 7.86. The Balaban J connectivity index is 1.72. The van der Waals surface area contributed by atoms with Gasteiger partial charge in [0.2, 0.25) is 0 Å². The zero-order valence-corrected chi connectivity index (χ0v) is 19.7. The van der Waals surface area contributed by atoms with Gasteiger partial charge in [0.15, 0.2) is 5.78 Å². The molecule has 146 valence electrons. The van der Waals surface area contributed by atoms with Crippen LogP contribution in [0.3, 0.4) is 0 Å². The Morgan fingerprint density at radius 3 is 2.46 bits per heavy atom. The lowest BCUT2D eigenvalue weighted by Crippen LogP contribution is -2.81. The molecule has 1 saturated heterocycles. The van der Waals surface area contributed by atoms with E-state index in [1.807, 2.05) is 7.11 Å². The van der Waals surface area contributed by atoms with E-state index in [-0.39, 0.29) is 44.2 Å². The fourth-order valence-electron chi connectivity index (χ4n) is 8.87. The first-order valence-corrected chi connectivity index (χ1v) is 11.9. The largest absolute Gasteiger partial charge is 0.381 e. The lowest BCUT2D eigenvalue weighted by Gasteiger charge is -2.71. The van der Waals surface area contributed by atoms with Gasteiger partial charge >= 0.3 is 0 Å². The third-order valence-corrected chi connectivity index (χ3v) is 12.2. The monoisotopic (exact) mass is 488 g/mol. The Labute approximate surface area is 173 Å². The van der Waals surface area contributed by atoms with Crippen molar-refractivity contribution >= 4 is 37.6 Å². The number of carbonyl (C=O) groups excluding carboxylic acids is 1. The number of methoxy groups -OCH3 is 1. The van der Waals surface area contributed by atoms with Crippen LogP contribution in [-0.2, 0) is 14.3 Å². The number of hydrogen-bond acceptors (Lipinski definition) is 3. The first kappa shape index (κ1) is 18.6. The lowest BCUT2D eigenvalue weighted by atomic mass is 9.43. The molecule has 5 heteroatoms. The summed E-state index contributed by atoms with van der Waals surface area (Å²) in [6.45, 7) is 11.6. The molecule has 0 aromatic heterocycles. The van der Waals surface area contributed by atoms with Crippen molar-refractivity contribution in [2.45, 2.75) is 74.9 Å². The smallest absolute Gasteiger partial charge is 0.155 e. The highest BCUT2D eigenvalue weighted by Crippen LogP contribution is 2.83. The van der Waals surface area contributed by atoms with Gasteiger partial charge in [0.1, 0.15) is 0 Å². The molecule has 1 heterocycles. The third kappa shape index (κ3) is 1.52. The number of ketones is 1. The molecule has 5 aliphatic rings. The number of hydrogen-bond donors (Lipinski definition) is 0. The standard InChI is InChI=1S/C21H30Br2O3/c1-9-7-11-10(13(9)25-6)8-19(4)16(24)12(22)14-18(2,3)15(23)17-20(14,5)21(11,19)26-17/h9-15,17H,7-8H2,1-6H3/t9-,10+,11+,12-,13+,14+,15-,17-,19-,20+,21+/m1/s1. The second kappa shape index (κ2) is 4.99. The summed E-state index contributed by atoms with van der Waals surface area (Å²) in [7, 11) is 1.84. The van der Waals surface area contributed by atoms with Crippen LogP contribution in [0.25, 0.3) is 0 Å². The van der Waals surface area contributed by atoms with Gasteiger partial charge in [-0.3, -0.25) is 4.79 Å². The van der Waals surface area contributed by atoms with Gasteiger partial charge in [-0.1, -0.05) is 59.6 Å². The highest BCUT2D eigenvalue weighted by molar-refractivity contribution is 9.10. The van der Waals surface area contributed by atoms with Crippen molar-refractivity contribution in [2.75, 3.05) is 7.11 Å². The van der Waals surface area contributed by atoms with Gasteiger partial charge in [-0.05, 0) is 48.9 Å². The van der Waals surface area contributed by atoms with Crippen LogP contribution in [0.2, 0.25) is 0 Å². The van der Waals surface area contributed by atoms with Gasteiger partial charge in [0.05, 0.1) is 28.1 Å². The fourth-order valence-corrected chi connectivity index (χ4v) is 11.5. The molecule has 26 heavy (non-hydrogen) atoms. The van der Waals surface area contributed by atoms with Crippen LogP contribution in [0.5, 0.6) is 0 Å². The van der Waals surface area contributed by atoms with Gasteiger partial charge in [-0.15, -0.1) is 0 Å². The number of fused-ring (bicyclic) bond motifs is 1. The van der Waals surface area contributed by atoms with Gasteiger partial charge in [0, 0.05) is 17.4 Å². The fraction of sp³-hybridized carbons (Fsp3) is 0.952. The van der Waals surface area contributed by atoms with Crippen LogP contribution >= 0.6 is 31.9 Å². The number of rotatable bonds is 1. The van der Waals surface area contributed by atoms with Crippen LogP contribution in [0.1, 0.15) is 47.5 Å². The normalized spacial score (nSPS) is 64.7. The number of halogens is 2. The van der Waals surface area contributed by atoms with Crippen molar-refractivity contribution < 1.29 is 14.3 Å². The minimum atomic E-state index is -0.414. The first-order chi connectivity index (χ1) is 12.0. The molecule has 0 bridgehead atoms. The quantitative estimate of drug-likeness (QED) is 0.505. The molecule has 0 aromatic rings. The van der Waals surface area contributed by atoms with Gasteiger partial charge < -0.3 is 9.47 Å². The molecule has 0 aromatic carbocycles. The molecule has 5 fully saturated rings. The number of Topliss-reactive ketones (excluding diaryl/α,β-unsaturated/α-hetero) is 1. The van der Waals surface area contributed by atoms with Crippen molar-refractivity contribution in [2.24, 2.45) is 39.9 Å². The van der Waals surface area contributed by atoms with Crippen LogP contribution in [0.15, 0.2) is 0 Å². The molecule has 5 rings (SSSR count). The number of alkyl halides is 2. The predicted octanol–water partition coefficient (Wildman–Crippen LogP) is 4.59. The van der Waals surface area contributed by atoms with Crippen LogP contribution in [-0.4, -0.2) is 40.4 Å². The van der Waals surface area contributed by atoms with E-state index in [1.165, 1.54) is 0 Å². The molecule has 4 aliphatic carbocycles. The predicted molar refractivity (Wildman–Crippen MR) is 108 cm³/mol. The van der Waals surface area contributed by atoms with E-state index in [2.05, 4.69) is 66.5 Å². The molecule has 11 atom stereocenters. The lowest BCUT2D eigenvalue weighted by molar-refractivity contribution is -0.365. The summed E-state index contributed by atoms with van der Waals surface area (Å²) in [6.07, 6.45) is 2.45. The summed E-state index contributed by atoms with van der Waals surface area (Å²) in [5.74, 6) is 2.04. The van der Waals surface area contributed by atoms with Crippen molar-refractivity contribution in [1.82, 2.24) is 0 Å². The van der Waals surface area contributed by atoms with E-state index in [0.29, 0.717) is 23.5 Å². The molecule has 0 radical (unpaired) electrons. The van der Waals surface area contributed by atoms with Crippen molar-refractivity contribution in [3.8, 4) is 0 Å². The summed E-state index contributed by atoms with van der Waals surface area (Å²) in [5, 5.41) is 0. The third-order valence-electron chi connectivity index (χ3n) is 9.60. The Kier molecular flexibility index (Phi) is 3.56. The highest BCUT2D eigenvalue weighted by atomic mass is 79.9. The van der Waals surface area contributed by atoms with E-state index < -0.39 is 5.41 Å². The Morgan fingerprint density at radius 1 is 1.19 bits per heavy atom. The maximum Gasteiger partial charge on any atom is 0.155 e. The Hall–Kier alpha value is 0.550. The van der Waals surface area contributed by atoms with E-state index in [1.54, 1.807) is 0 Å². The topological polar surface area (TPSA) is 35.5 Å². The molecule has 1 aliphatic heterocycles. The van der Waals surface area contributed by atoms with E-state index in [0.717, 1.165) is 12.8 Å². The van der Waals surface area contributed by atoms with Gasteiger partial charge in [0.25, 0.3) is 0 Å². The summed E-state index contributed by atoms with van der Waals surface area (Å²) < 4.78 is 12.9. The SMILES string of the molecule is CO[C@@H]1[C@H]2C[C@]3(C)C(=O)[C@H](Br)[C@H]4C(C)(C)[C@H](Br)[C@H]5O[C@]3([C@H]2C[C@H]1C)[C@]54C. The molecule has 0 amide bonds. The second-order valence-corrected chi connectivity index (χ2v) is 12.7. The first-order valence-electron chi connectivity index (χ1n) is 10.0. The van der Waals surface area contributed by atoms with Crippen molar-refractivity contribution in [1.29, 1.82) is 0 Å². The Bertz CT molecular complexity index is 695. The summed E-state index contributed by atoms with van der Waals surface area (Å²) in [5.41, 5.74) is -0.717. The molecule has 4 saturated carbocycles. The van der Waals surface area contributed by atoms with E-state index >= 15 is 0 Å². The molecule has 3 nitrogen and oxygen atoms in total. The average molecular weight is 490 g/mol. The van der Waals surface area contributed by atoms with Gasteiger partial charge in [-0.25, -0.2) is 0 Å². The zero-order chi connectivity index (χ0) is 19.0. The molecule has 1 spiro atoms. The van der Waals surface area contributed by atoms with Crippen molar-refractivity contribution in [3.63, 3.8) is 0 Å². The molecule has 0 N–H and O–H groups in total. The maximum absolute atomic E-state index is 13.8. The minimum Gasteiger partial charge on any atom is -0.381 e. The van der Waals surface area contributed by atoms with Crippen molar-refractivity contribution in [3.05, 3.63) is 0 Å². The minimum absolute atomic E-state index is 0.0110. The molecular formula is C21H30Br2O3. The van der Waals surface area contributed by atoms with E-state index in [4.69, 9.17) is 9.47 Å². The molecule has 0 unspecified atom stereocenters. The maximum atomic E-state index is 13.8. The number of ether oxygens (including phenoxy) is 2. The average Bonchev–Trinajstić information content (AvgIpc) is 3.04. The van der Waals surface area contributed by atoms with E-state index in [9.17, 15) is 4.79 Å². The van der Waals surface area contributed by atoms with Crippen LogP contribution in [0.4, 0.5) is 0 Å². The van der Waals surface area contributed by atoms with Crippen LogP contribution < -0.4 is 0 Å². The summed E-state index contributed by atoms with van der Waals surface area (Å²) in [6, 6.07) is 0. The van der Waals surface area contributed by atoms with Gasteiger partial charge in [-0.2, -0.15) is 0 Å². The second-order valence-electron chi connectivity index (χ2n) is 10.7. The zero-order valence-electron chi connectivity index (χ0n) is 16.5. The number of carbonyl (C=O) groups is 1. The summed E-state index contributed by atoms with van der Waals surface area (Å²) in [4.78, 5) is 14.0. The van der Waals surface area contributed by atoms with Crippen LogP contribution in [0, 0.1) is 39.9 Å². The highest BCUT2D eigenvalue weighted by Gasteiger charge is 2.90.